The zero-order valence-electron chi connectivity index (χ0n) is 11.5. The van der Waals surface area contributed by atoms with Gasteiger partial charge in [0.05, 0.1) is 12.3 Å². The quantitative estimate of drug-likeness (QED) is 0.842. The third kappa shape index (κ3) is 4.45. The molecule has 0 amide bonds. The van der Waals surface area contributed by atoms with E-state index in [1.807, 2.05) is 24.1 Å². The highest BCUT2D eigenvalue weighted by Crippen LogP contribution is 2.28. The molecule has 0 aliphatic heterocycles. The molecule has 1 N–H and O–H groups in total. The smallest absolute Gasteiger partial charge is 0.0543 e. The molecule has 3 heteroatoms. The van der Waals surface area contributed by atoms with Crippen molar-refractivity contribution in [1.29, 1.82) is 0 Å². The summed E-state index contributed by atoms with van der Waals surface area (Å²) in [6.07, 6.45) is 14.8. The highest BCUT2D eigenvalue weighted by molar-refractivity contribution is 5.03. The average Bonchev–Trinajstić information content (AvgIpc) is 2.81. The SMILES string of the molecule is Cn1cc(CCC(O)CCC2CCCCC2)cn1. The minimum absolute atomic E-state index is 0.132. The molecule has 0 spiro atoms. The fourth-order valence-electron chi connectivity index (χ4n) is 2.98. The Labute approximate surface area is 110 Å². The van der Waals surface area contributed by atoms with E-state index in [-0.39, 0.29) is 6.10 Å². The summed E-state index contributed by atoms with van der Waals surface area (Å²) < 4.78 is 1.82. The maximum absolute atomic E-state index is 10.0. The van der Waals surface area contributed by atoms with Crippen LogP contribution < -0.4 is 0 Å². The molecule has 3 nitrogen and oxygen atoms in total. The zero-order chi connectivity index (χ0) is 12.8. The van der Waals surface area contributed by atoms with Gasteiger partial charge < -0.3 is 5.11 Å². The molecule has 1 heterocycles. The topological polar surface area (TPSA) is 38.0 Å². The van der Waals surface area contributed by atoms with Crippen LogP contribution >= 0.6 is 0 Å². The second-order valence-corrected chi connectivity index (χ2v) is 5.80. The molecule has 2 rings (SSSR count). The third-order valence-corrected chi connectivity index (χ3v) is 4.16. The second-order valence-electron chi connectivity index (χ2n) is 5.80. The van der Waals surface area contributed by atoms with Crippen LogP contribution in [0.2, 0.25) is 0 Å². The Hall–Kier alpha value is -0.830. The van der Waals surface area contributed by atoms with Gasteiger partial charge in [0.25, 0.3) is 0 Å². The van der Waals surface area contributed by atoms with E-state index in [9.17, 15) is 5.11 Å². The number of aromatic nitrogens is 2. The van der Waals surface area contributed by atoms with Crippen LogP contribution in [0.5, 0.6) is 0 Å². The number of aliphatic hydroxyl groups is 1. The van der Waals surface area contributed by atoms with E-state index in [2.05, 4.69) is 5.10 Å². The van der Waals surface area contributed by atoms with E-state index >= 15 is 0 Å². The van der Waals surface area contributed by atoms with Crippen LogP contribution in [0.3, 0.4) is 0 Å². The van der Waals surface area contributed by atoms with Crippen molar-refractivity contribution in [2.75, 3.05) is 0 Å². The summed E-state index contributed by atoms with van der Waals surface area (Å²) in [6.45, 7) is 0. The van der Waals surface area contributed by atoms with Gasteiger partial charge >= 0.3 is 0 Å². The van der Waals surface area contributed by atoms with Crippen molar-refractivity contribution in [3.63, 3.8) is 0 Å². The predicted molar refractivity (Wildman–Crippen MR) is 73.3 cm³/mol. The summed E-state index contributed by atoms with van der Waals surface area (Å²) in [4.78, 5) is 0. The highest BCUT2D eigenvalue weighted by atomic mass is 16.3. The maximum atomic E-state index is 10.0. The fraction of sp³-hybridized carbons (Fsp3) is 0.800. The number of hydrogen-bond acceptors (Lipinski definition) is 2. The first-order valence-corrected chi connectivity index (χ1v) is 7.39. The number of aryl methyl sites for hydroxylation is 2. The first kappa shape index (κ1) is 13.6. The molecule has 1 saturated carbocycles. The summed E-state index contributed by atoms with van der Waals surface area (Å²) in [5.41, 5.74) is 1.23. The molecule has 0 radical (unpaired) electrons. The number of rotatable bonds is 6. The minimum Gasteiger partial charge on any atom is -0.393 e. The fourth-order valence-corrected chi connectivity index (χ4v) is 2.98. The summed E-state index contributed by atoms with van der Waals surface area (Å²) in [5.74, 6) is 0.881. The monoisotopic (exact) mass is 250 g/mol. The zero-order valence-corrected chi connectivity index (χ0v) is 11.5. The van der Waals surface area contributed by atoms with Gasteiger partial charge in [0.1, 0.15) is 0 Å². The number of nitrogens with zero attached hydrogens (tertiary/aromatic N) is 2. The van der Waals surface area contributed by atoms with E-state index in [1.165, 1.54) is 44.1 Å². The lowest BCUT2D eigenvalue weighted by molar-refractivity contribution is 0.140. The molecule has 1 unspecified atom stereocenters. The Morgan fingerprint density at radius 3 is 2.78 bits per heavy atom. The van der Waals surface area contributed by atoms with Crippen LogP contribution in [0.4, 0.5) is 0 Å². The molecular weight excluding hydrogens is 224 g/mol. The van der Waals surface area contributed by atoms with Crippen molar-refractivity contribution in [3.8, 4) is 0 Å². The summed E-state index contributed by atoms with van der Waals surface area (Å²) in [7, 11) is 1.93. The minimum atomic E-state index is -0.132. The van der Waals surface area contributed by atoms with E-state index in [0.29, 0.717) is 0 Å². The van der Waals surface area contributed by atoms with Crippen LogP contribution in [-0.2, 0) is 13.5 Å². The van der Waals surface area contributed by atoms with Gasteiger partial charge in [-0.05, 0) is 37.2 Å². The first-order chi connectivity index (χ1) is 8.74. The van der Waals surface area contributed by atoms with Crippen molar-refractivity contribution in [3.05, 3.63) is 18.0 Å². The van der Waals surface area contributed by atoms with E-state index in [0.717, 1.165) is 25.2 Å². The van der Waals surface area contributed by atoms with Gasteiger partial charge in [-0.2, -0.15) is 5.10 Å². The molecule has 1 aliphatic carbocycles. The summed E-state index contributed by atoms with van der Waals surface area (Å²) in [6, 6.07) is 0. The van der Waals surface area contributed by atoms with Gasteiger partial charge in [-0.15, -0.1) is 0 Å². The van der Waals surface area contributed by atoms with Crippen molar-refractivity contribution in [2.24, 2.45) is 13.0 Å². The van der Waals surface area contributed by atoms with Crippen LogP contribution in [0.25, 0.3) is 0 Å². The van der Waals surface area contributed by atoms with E-state index in [4.69, 9.17) is 0 Å². The van der Waals surface area contributed by atoms with E-state index < -0.39 is 0 Å². The lowest BCUT2D eigenvalue weighted by Crippen LogP contribution is -2.13. The van der Waals surface area contributed by atoms with E-state index in [1.54, 1.807) is 0 Å². The van der Waals surface area contributed by atoms with Crippen molar-refractivity contribution in [2.45, 2.75) is 63.9 Å². The molecular formula is C15H26N2O. The maximum Gasteiger partial charge on any atom is 0.0543 e. The van der Waals surface area contributed by atoms with Crippen LogP contribution in [0, 0.1) is 5.92 Å². The predicted octanol–water partition coefficient (Wildman–Crippen LogP) is 3.07. The van der Waals surface area contributed by atoms with Crippen molar-refractivity contribution >= 4 is 0 Å². The lowest BCUT2D eigenvalue weighted by Gasteiger charge is -2.22. The Morgan fingerprint density at radius 2 is 2.11 bits per heavy atom. The Bertz CT molecular complexity index is 342. The summed E-state index contributed by atoms with van der Waals surface area (Å²) >= 11 is 0. The average molecular weight is 250 g/mol. The van der Waals surface area contributed by atoms with Crippen molar-refractivity contribution in [1.82, 2.24) is 9.78 Å². The van der Waals surface area contributed by atoms with Gasteiger partial charge in [-0.1, -0.05) is 32.1 Å². The molecule has 1 atom stereocenters. The Balaban J connectivity index is 1.61. The van der Waals surface area contributed by atoms with Gasteiger partial charge in [-0.25, -0.2) is 0 Å². The largest absolute Gasteiger partial charge is 0.393 e. The molecule has 18 heavy (non-hydrogen) atoms. The van der Waals surface area contributed by atoms with Crippen LogP contribution in [0.1, 0.15) is 56.9 Å². The third-order valence-electron chi connectivity index (χ3n) is 4.16. The molecule has 0 bridgehead atoms. The molecule has 0 saturated heterocycles. The normalized spacial score (nSPS) is 19.0. The lowest BCUT2D eigenvalue weighted by atomic mass is 9.85. The van der Waals surface area contributed by atoms with Crippen LogP contribution in [-0.4, -0.2) is 21.0 Å². The first-order valence-electron chi connectivity index (χ1n) is 7.39. The van der Waals surface area contributed by atoms with Gasteiger partial charge in [0.15, 0.2) is 0 Å². The second kappa shape index (κ2) is 6.93. The molecule has 1 aromatic rings. The molecule has 0 aromatic carbocycles. The van der Waals surface area contributed by atoms with Gasteiger partial charge in [0, 0.05) is 13.2 Å². The summed E-state index contributed by atoms with van der Waals surface area (Å²) in [5, 5.41) is 14.2. The van der Waals surface area contributed by atoms with Crippen molar-refractivity contribution < 1.29 is 5.11 Å². The molecule has 102 valence electrons. The Morgan fingerprint density at radius 1 is 1.33 bits per heavy atom. The number of hydrogen-bond donors (Lipinski definition) is 1. The molecule has 1 aliphatic rings. The van der Waals surface area contributed by atoms with Crippen LogP contribution in [0.15, 0.2) is 12.4 Å². The Kier molecular flexibility index (Phi) is 5.24. The molecule has 1 fully saturated rings. The highest BCUT2D eigenvalue weighted by Gasteiger charge is 2.15. The standard InChI is InChI=1S/C15H26N2O/c1-17-12-14(11-16-17)8-10-15(18)9-7-13-5-3-2-4-6-13/h11-13,15,18H,2-10H2,1H3. The van der Waals surface area contributed by atoms with Gasteiger partial charge in [0.2, 0.25) is 0 Å². The number of aliphatic hydroxyl groups excluding tert-OH is 1. The van der Waals surface area contributed by atoms with Gasteiger partial charge in [-0.3, -0.25) is 4.68 Å². The molecule has 1 aromatic heterocycles.